The fourth-order valence-electron chi connectivity index (χ4n) is 0.413. The topological polar surface area (TPSA) is 192 Å². The summed E-state index contributed by atoms with van der Waals surface area (Å²) in [5.74, 6) is 6.84. The molecule has 10 N–H and O–H groups in total. The number of nitrogens with one attached hydrogen (secondary N) is 6. The number of nitrogens with two attached hydrogens (primary N) is 2. The van der Waals surface area contributed by atoms with Gasteiger partial charge in [0.2, 0.25) is 0 Å². The molecule has 0 aromatic heterocycles. The molecule has 0 saturated heterocycles. The lowest BCUT2D eigenvalue weighted by Crippen LogP contribution is -2.56. The van der Waals surface area contributed by atoms with Crippen molar-refractivity contribution in [3.63, 3.8) is 0 Å². The summed E-state index contributed by atoms with van der Waals surface area (Å²) in [5, 5.41) is 0. The summed E-state index contributed by atoms with van der Waals surface area (Å²) < 4.78 is 0. The lowest BCUT2D eigenvalue weighted by molar-refractivity contribution is -0.140. The monoisotopic (exact) mass is 234 g/mol. The van der Waals surface area contributed by atoms with E-state index in [1.165, 1.54) is 0 Å². The summed E-state index contributed by atoms with van der Waals surface area (Å²) in [6, 6.07) is -1.87. The van der Waals surface area contributed by atoms with Crippen molar-refractivity contribution in [1.82, 2.24) is 32.6 Å². The van der Waals surface area contributed by atoms with Gasteiger partial charge in [-0.15, -0.1) is 0 Å². The van der Waals surface area contributed by atoms with E-state index in [9.17, 15) is 19.2 Å². The van der Waals surface area contributed by atoms with Crippen molar-refractivity contribution in [3.8, 4) is 0 Å². The molecular weight excluding hydrogens is 224 g/mol. The summed E-state index contributed by atoms with van der Waals surface area (Å²) in [7, 11) is 0. The van der Waals surface area contributed by atoms with Crippen LogP contribution >= 0.6 is 0 Å². The Kier molecular flexibility index (Phi) is 5.69. The average Bonchev–Trinajstić information content (AvgIpc) is 2.31. The van der Waals surface area contributed by atoms with E-state index >= 15 is 0 Å². The van der Waals surface area contributed by atoms with E-state index in [1.54, 1.807) is 32.6 Å². The molecule has 16 heavy (non-hydrogen) atoms. The van der Waals surface area contributed by atoms with Crippen LogP contribution in [0.1, 0.15) is 0 Å². The average molecular weight is 234 g/mol. The van der Waals surface area contributed by atoms with Crippen LogP contribution in [0.5, 0.6) is 0 Å². The second kappa shape index (κ2) is 6.80. The zero-order chi connectivity index (χ0) is 12.6. The number of carbonyl (C=O) groups excluding carboxylic acids is 4. The fourth-order valence-corrected chi connectivity index (χ4v) is 0.413. The highest BCUT2D eigenvalue weighted by Gasteiger charge is 2.14. The number of rotatable bonds is 0. The van der Waals surface area contributed by atoms with Gasteiger partial charge in [0, 0.05) is 0 Å². The van der Waals surface area contributed by atoms with Gasteiger partial charge in [0.15, 0.2) is 0 Å². The van der Waals surface area contributed by atoms with Gasteiger partial charge >= 0.3 is 23.9 Å². The van der Waals surface area contributed by atoms with Crippen molar-refractivity contribution in [2.45, 2.75) is 0 Å². The Morgan fingerprint density at radius 1 is 0.625 bits per heavy atom. The maximum atomic E-state index is 10.9. The highest BCUT2D eigenvalue weighted by atomic mass is 16.2. The first-order valence-electron chi connectivity index (χ1n) is 3.64. The lowest BCUT2D eigenvalue weighted by Gasteiger charge is -2.07. The van der Waals surface area contributed by atoms with E-state index in [2.05, 4.69) is 11.7 Å². The first-order valence-corrected chi connectivity index (χ1v) is 3.64. The molecule has 0 aliphatic heterocycles. The molecule has 0 spiro atoms. The fraction of sp³-hybridized carbons (Fsp3) is 0. The normalized spacial score (nSPS) is 8.38. The van der Waals surface area contributed by atoms with Crippen molar-refractivity contribution in [2.24, 2.45) is 11.7 Å². The molecule has 12 nitrogen and oxygen atoms in total. The summed E-state index contributed by atoms with van der Waals surface area (Å²) in [4.78, 5) is 42.6. The highest BCUT2D eigenvalue weighted by molar-refractivity contribution is 6.35. The molecule has 12 heteroatoms. The number of hydrazine groups is 4. The molecule has 0 fully saturated rings. The van der Waals surface area contributed by atoms with Crippen LogP contribution in [0.15, 0.2) is 0 Å². The second-order valence-corrected chi connectivity index (χ2v) is 2.11. The molecule has 0 aliphatic carbocycles. The smallest absolute Gasteiger partial charge is 0.275 e. The summed E-state index contributed by atoms with van der Waals surface area (Å²) >= 11 is 0. The maximum absolute atomic E-state index is 10.9. The molecule has 90 valence electrons. The largest absolute Gasteiger partial charge is 0.347 e. The minimum Gasteiger partial charge on any atom is -0.275 e. The number of hydrogen-bond acceptors (Lipinski definition) is 6. The van der Waals surface area contributed by atoms with Crippen molar-refractivity contribution in [3.05, 3.63) is 0 Å². The van der Waals surface area contributed by atoms with Crippen molar-refractivity contribution in [2.75, 3.05) is 0 Å². The molecule has 0 saturated carbocycles. The Hall–Kier alpha value is -2.60. The van der Waals surface area contributed by atoms with E-state index in [1.807, 2.05) is 0 Å². The summed E-state index contributed by atoms with van der Waals surface area (Å²) in [6.45, 7) is 0. The van der Waals surface area contributed by atoms with Crippen LogP contribution in [0.3, 0.4) is 0 Å². The van der Waals surface area contributed by atoms with Crippen LogP contribution in [-0.2, 0) is 9.59 Å². The number of urea groups is 2. The standard InChI is InChI=1S/C4H10N8O4/c5-7-3(15)11-9-1(13)2(14)10-12-4(16)8-6/h5-6H2,(H,9,13)(H,10,14)(H2,7,11,15)(H2,8,12,16). The third-order valence-electron chi connectivity index (χ3n) is 1.05. The third kappa shape index (κ3) is 5.20. The third-order valence-corrected chi connectivity index (χ3v) is 1.05. The van der Waals surface area contributed by atoms with Crippen LogP contribution in [0.25, 0.3) is 0 Å². The number of hydrogen-bond donors (Lipinski definition) is 8. The molecule has 0 aromatic carbocycles. The predicted octanol–water partition coefficient (Wildman–Crippen LogP) is -4.61. The molecule has 0 atom stereocenters. The molecule has 0 radical (unpaired) electrons. The molecule has 0 unspecified atom stereocenters. The molecule has 0 bridgehead atoms. The van der Waals surface area contributed by atoms with Gasteiger partial charge in [0.25, 0.3) is 0 Å². The van der Waals surface area contributed by atoms with Gasteiger partial charge in [0.1, 0.15) is 0 Å². The molecule has 0 aromatic rings. The maximum Gasteiger partial charge on any atom is 0.347 e. The lowest BCUT2D eigenvalue weighted by atomic mass is 10.6. The van der Waals surface area contributed by atoms with E-state index in [0.29, 0.717) is 0 Å². The van der Waals surface area contributed by atoms with Gasteiger partial charge in [0.05, 0.1) is 0 Å². The minimum absolute atomic E-state index is 0.936. The molecule has 6 amide bonds. The van der Waals surface area contributed by atoms with Crippen LogP contribution in [0, 0.1) is 0 Å². The van der Waals surface area contributed by atoms with Crippen molar-refractivity contribution in [1.29, 1.82) is 0 Å². The summed E-state index contributed by atoms with van der Waals surface area (Å²) in [5.41, 5.74) is 10.1. The molecule has 0 heterocycles. The Bertz CT molecular complexity index is 272. The van der Waals surface area contributed by atoms with Crippen LogP contribution < -0.4 is 44.2 Å². The zero-order valence-corrected chi connectivity index (χ0v) is 7.79. The van der Waals surface area contributed by atoms with Gasteiger partial charge in [-0.1, -0.05) is 0 Å². The minimum atomic E-state index is -1.24. The van der Waals surface area contributed by atoms with E-state index in [4.69, 9.17) is 0 Å². The molecular formula is C4H10N8O4. The Morgan fingerprint density at radius 3 is 1.19 bits per heavy atom. The van der Waals surface area contributed by atoms with Crippen LogP contribution in [0.4, 0.5) is 9.59 Å². The first-order chi connectivity index (χ1) is 7.51. The Labute approximate surface area is 88.3 Å². The van der Waals surface area contributed by atoms with Gasteiger partial charge in [-0.05, 0) is 0 Å². The molecule has 0 aliphatic rings. The SMILES string of the molecule is NNC(=O)NNC(=O)C(=O)NNC(=O)NN. The van der Waals surface area contributed by atoms with Gasteiger partial charge in [-0.25, -0.2) is 32.1 Å². The Balaban J connectivity index is 3.87. The van der Waals surface area contributed by atoms with E-state index in [0.717, 1.165) is 0 Å². The van der Waals surface area contributed by atoms with Crippen LogP contribution in [-0.4, -0.2) is 23.9 Å². The highest BCUT2D eigenvalue weighted by Crippen LogP contribution is 1.64. The second-order valence-electron chi connectivity index (χ2n) is 2.11. The number of amides is 6. The summed E-state index contributed by atoms with van der Waals surface area (Å²) in [6.07, 6.45) is 0. The van der Waals surface area contributed by atoms with Crippen molar-refractivity contribution >= 4 is 23.9 Å². The first kappa shape index (κ1) is 13.4. The van der Waals surface area contributed by atoms with E-state index < -0.39 is 23.9 Å². The molecule has 0 rings (SSSR count). The van der Waals surface area contributed by atoms with Gasteiger partial charge < -0.3 is 0 Å². The predicted molar refractivity (Wildman–Crippen MR) is 48.0 cm³/mol. The van der Waals surface area contributed by atoms with E-state index in [-0.39, 0.29) is 0 Å². The number of carbonyl (C=O) groups is 4. The van der Waals surface area contributed by atoms with Gasteiger partial charge in [-0.3, -0.25) is 31.3 Å². The van der Waals surface area contributed by atoms with Crippen molar-refractivity contribution < 1.29 is 19.2 Å². The quantitative estimate of drug-likeness (QED) is 0.0898. The van der Waals surface area contributed by atoms with Crippen LogP contribution in [0.2, 0.25) is 0 Å². The Morgan fingerprint density at radius 2 is 0.938 bits per heavy atom. The zero-order valence-electron chi connectivity index (χ0n) is 7.79. The van der Waals surface area contributed by atoms with Gasteiger partial charge in [-0.2, -0.15) is 0 Å².